The van der Waals surface area contributed by atoms with Gasteiger partial charge in [-0.15, -0.1) is 24.0 Å². The van der Waals surface area contributed by atoms with E-state index in [1.807, 2.05) is 36.1 Å². The average molecular weight is 511 g/mol. The van der Waals surface area contributed by atoms with Crippen molar-refractivity contribution >= 4 is 39.8 Å². The van der Waals surface area contributed by atoms with Crippen molar-refractivity contribution in [1.82, 2.24) is 10.2 Å². The molecule has 0 saturated carbocycles. The Morgan fingerprint density at radius 1 is 1.30 bits per heavy atom. The Morgan fingerprint density at radius 2 is 1.89 bits per heavy atom. The third-order valence-electron chi connectivity index (χ3n) is 4.50. The van der Waals surface area contributed by atoms with Gasteiger partial charge in [0, 0.05) is 20.1 Å². The van der Waals surface area contributed by atoms with E-state index in [1.54, 1.807) is 28.0 Å². The summed E-state index contributed by atoms with van der Waals surface area (Å²) in [4.78, 5) is 6.28. The maximum atomic E-state index is 12.2. The lowest BCUT2D eigenvalue weighted by Crippen LogP contribution is -2.57. The van der Waals surface area contributed by atoms with E-state index in [2.05, 4.69) is 10.3 Å². The number of sulfone groups is 1. The molecular weight excluding hydrogens is 481 g/mol. The van der Waals surface area contributed by atoms with Crippen LogP contribution in [0.2, 0.25) is 0 Å². The molecule has 9 heteroatoms. The van der Waals surface area contributed by atoms with Crippen molar-refractivity contribution in [3.63, 3.8) is 0 Å². The smallest absolute Gasteiger partial charge is 0.193 e. The molecule has 1 saturated heterocycles. The van der Waals surface area contributed by atoms with Crippen molar-refractivity contribution < 1.29 is 17.9 Å². The predicted octanol–water partition coefficient (Wildman–Crippen LogP) is 2.16. The normalized spacial score (nSPS) is 19.6. The number of methoxy groups -OCH3 is 1. The maximum absolute atomic E-state index is 12.2. The summed E-state index contributed by atoms with van der Waals surface area (Å²) in [5.74, 6) is 2.38. The molecule has 2 rings (SSSR count). The Kier molecular flexibility index (Phi) is 8.65. The molecule has 0 radical (unpaired) electrons. The van der Waals surface area contributed by atoms with E-state index in [4.69, 9.17) is 9.47 Å². The number of halogens is 1. The van der Waals surface area contributed by atoms with Gasteiger partial charge in [0.1, 0.15) is 17.6 Å². The van der Waals surface area contributed by atoms with Crippen LogP contribution in [-0.2, 0) is 9.84 Å². The fraction of sp³-hybridized carbons (Fsp3) is 0.611. The minimum atomic E-state index is -3.07. The second-order valence-corrected chi connectivity index (χ2v) is 9.78. The number of guanidine groups is 1. The van der Waals surface area contributed by atoms with Crippen LogP contribution in [0, 0.1) is 0 Å². The van der Waals surface area contributed by atoms with Crippen LogP contribution in [0.25, 0.3) is 0 Å². The van der Waals surface area contributed by atoms with Crippen molar-refractivity contribution in [1.29, 1.82) is 0 Å². The van der Waals surface area contributed by atoms with E-state index >= 15 is 0 Å². The average Bonchev–Trinajstić information content (AvgIpc) is 2.59. The molecule has 0 aliphatic carbocycles. The fourth-order valence-electron chi connectivity index (χ4n) is 2.82. The van der Waals surface area contributed by atoms with Gasteiger partial charge in [0.25, 0.3) is 0 Å². The maximum Gasteiger partial charge on any atom is 0.193 e. The molecule has 154 valence electrons. The highest BCUT2D eigenvalue weighted by Crippen LogP contribution is 2.23. The summed E-state index contributed by atoms with van der Waals surface area (Å²) >= 11 is 0. The summed E-state index contributed by atoms with van der Waals surface area (Å²) < 4.78 is 34.6. The number of nitrogens with zero attached hydrogens (tertiary/aromatic N) is 2. The lowest BCUT2D eigenvalue weighted by atomic mass is 10.2. The molecule has 0 bridgehead atoms. The van der Waals surface area contributed by atoms with Crippen LogP contribution in [0.1, 0.15) is 20.8 Å². The van der Waals surface area contributed by atoms with Gasteiger partial charge in [-0.2, -0.15) is 0 Å². The number of benzene rings is 1. The van der Waals surface area contributed by atoms with Gasteiger partial charge in [0.15, 0.2) is 15.8 Å². The molecule has 7 nitrogen and oxygen atoms in total. The van der Waals surface area contributed by atoms with Crippen molar-refractivity contribution in [2.45, 2.75) is 31.6 Å². The van der Waals surface area contributed by atoms with E-state index in [9.17, 15) is 8.42 Å². The molecule has 1 unspecified atom stereocenters. The Balaban J connectivity index is 0.00000364. The quantitative estimate of drug-likeness (QED) is 0.371. The van der Waals surface area contributed by atoms with Gasteiger partial charge in [-0.05, 0) is 45.0 Å². The molecular formula is C18H30IN3O4S. The van der Waals surface area contributed by atoms with E-state index < -0.39 is 14.6 Å². The molecule has 1 N–H and O–H groups in total. The van der Waals surface area contributed by atoms with E-state index in [-0.39, 0.29) is 35.8 Å². The Hall–Kier alpha value is -1.23. The summed E-state index contributed by atoms with van der Waals surface area (Å²) in [6.07, 6.45) is -0.0818. The number of hydrogen-bond donors (Lipinski definition) is 1. The lowest BCUT2D eigenvalue weighted by molar-refractivity contribution is 0.221. The van der Waals surface area contributed by atoms with Gasteiger partial charge in [-0.25, -0.2) is 8.42 Å². The largest absolute Gasteiger partial charge is 0.497 e. The summed E-state index contributed by atoms with van der Waals surface area (Å²) in [6.45, 7) is 6.91. The molecule has 1 aliphatic heterocycles. The molecule has 0 aromatic heterocycles. The number of aliphatic imine (C=N–C) groups is 1. The number of hydrogen-bond acceptors (Lipinski definition) is 5. The summed E-state index contributed by atoms with van der Waals surface area (Å²) in [5.41, 5.74) is 0. The number of ether oxygens (including phenoxy) is 2. The first-order valence-electron chi connectivity index (χ1n) is 8.67. The molecule has 27 heavy (non-hydrogen) atoms. The molecule has 0 spiro atoms. The first kappa shape index (κ1) is 23.8. The van der Waals surface area contributed by atoms with Gasteiger partial charge in [-0.3, -0.25) is 4.99 Å². The zero-order valence-electron chi connectivity index (χ0n) is 16.6. The van der Waals surface area contributed by atoms with Crippen molar-refractivity contribution in [3.8, 4) is 11.5 Å². The molecule has 1 aromatic rings. The molecule has 1 fully saturated rings. The van der Waals surface area contributed by atoms with Crippen LogP contribution in [0.3, 0.4) is 0 Å². The van der Waals surface area contributed by atoms with E-state index in [0.29, 0.717) is 25.6 Å². The van der Waals surface area contributed by atoms with E-state index in [0.717, 1.165) is 11.5 Å². The summed E-state index contributed by atoms with van der Waals surface area (Å²) in [7, 11) is 0.255. The third kappa shape index (κ3) is 6.13. The Morgan fingerprint density at radius 3 is 2.41 bits per heavy atom. The number of nitrogens with one attached hydrogen (secondary N) is 1. The first-order valence-corrected chi connectivity index (χ1v) is 10.3. The van der Waals surface area contributed by atoms with Crippen molar-refractivity contribution in [2.75, 3.05) is 39.5 Å². The third-order valence-corrected chi connectivity index (χ3v) is 7.03. The monoisotopic (exact) mass is 511 g/mol. The SMILES string of the molecule is CN=C(NCC(C)Oc1ccc(OC)cc1)N1CCS(=O)(=O)C(C)(C)C1.I. The lowest BCUT2D eigenvalue weighted by Gasteiger charge is -2.39. The van der Waals surface area contributed by atoms with Crippen LogP contribution < -0.4 is 14.8 Å². The van der Waals surface area contributed by atoms with Gasteiger partial charge < -0.3 is 19.7 Å². The summed E-state index contributed by atoms with van der Waals surface area (Å²) in [6, 6.07) is 7.43. The van der Waals surface area contributed by atoms with E-state index in [1.165, 1.54) is 0 Å². The van der Waals surface area contributed by atoms with Crippen LogP contribution in [0.15, 0.2) is 29.3 Å². The highest BCUT2D eigenvalue weighted by molar-refractivity contribution is 14.0. The highest BCUT2D eigenvalue weighted by Gasteiger charge is 2.40. The van der Waals surface area contributed by atoms with Crippen LogP contribution >= 0.6 is 24.0 Å². The van der Waals surface area contributed by atoms with Gasteiger partial charge in [0.05, 0.1) is 24.2 Å². The van der Waals surface area contributed by atoms with Gasteiger partial charge in [0.2, 0.25) is 0 Å². The van der Waals surface area contributed by atoms with Crippen LogP contribution in [-0.4, -0.2) is 69.7 Å². The highest BCUT2D eigenvalue weighted by atomic mass is 127. The van der Waals surface area contributed by atoms with Crippen molar-refractivity contribution in [3.05, 3.63) is 24.3 Å². The summed E-state index contributed by atoms with van der Waals surface area (Å²) in [5, 5.41) is 3.28. The molecule has 1 aliphatic rings. The second-order valence-electron chi connectivity index (χ2n) is 7.03. The topological polar surface area (TPSA) is 80.2 Å². The molecule has 0 amide bonds. The standard InChI is InChI=1S/C18H29N3O4S.HI/c1-14(25-16-8-6-15(24-5)7-9-16)12-20-17(19-4)21-10-11-26(22,23)18(2,3)13-21;/h6-9,14H,10-13H2,1-5H3,(H,19,20);1H. The van der Waals surface area contributed by atoms with Gasteiger partial charge >= 0.3 is 0 Å². The molecule has 1 heterocycles. The minimum absolute atomic E-state index is 0. The van der Waals surface area contributed by atoms with Crippen molar-refractivity contribution in [2.24, 2.45) is 4.99 Å². The van der Waals surface area contributed by atoms with Crippen LogP contribution in [0.5, 0.6) is 11.5 Å². The molecule has 1 aromatic carbocycles. The molecule has 1 atom stereocenters. The first-order chi connectivity index (χ1) is 12.2. The zero-order valence-corrected chi connectivity index (χ0v) is 19.7. The zero-order chi connectivity index (χ0) is 19.4. The fourth-order valence-corrected chi connectivity index (χ4v) is 4.19. The Bertz CT molecular complexity index is 735. The number of rotatable bonds is 5. The predicted molar refractivity (Wildman–Crippen MR) is 119 cm³/mol. The second kappa shape index (κ2) is 9.81. The Labute approximate surface area is 179 Å². The minimum Gasteiger partial charge on any atom is -0.497 e. The van der Waals surface area contributed by atoms with Crippen LogP contribution in [0.4, 0.5) is 0 Å². The van der Waals surface area contributed by atoms with Gasteiger partial charge in [-0.1, -0.05) is 0 Å².